The number of benzene rings is 2. The molecule has 0 bridgehead atoms. The summed E-state index contributed by atoms with van der Waals surface area (Å²) in [6.07, 6.45) is 5.75. The van der Waals surface area contributed by atoms with Crippen molar-refractivity contribution in [3.63, 3.8) is 0 Å². The third kappa shape index (κ3) is 15.9. The third-order valence-corrected chi connectivity index (χ3v) is 9.73. The zero-order valence-corrected chi connectivity index (χ0v) is 41.5. The Hall–Kier alpha value is -4.16. The van der Waals surface area contributed by atoms with Crippen molar-refractivity contribution in [3.8, 4) is 0 Å². The third-order valence-electron chi connectivity index (χ3n) is 8.37. The quantitative estimate of drug-likeness (QED) is 0.0650. The number of allylic oxidation sites excluding steroid dienone is 1. The summed E-state index contributed by atoms with van der Waals surface area (Å²) in [6.45, 7) is 2.82. The number of ether oxygens (including phenoxy) is 2. The van der Waals surface area contributed by atoms with Crippen molar-refractivity contribution in [1.29, 1.82) is 0 Å². The van der Waals surface area contributed by atoms with Crippen LogP contribution in [0.4, 0.5) is 5.69 Å². The predicted molar refractivity (Wildman–Crippen MR) is 234 cm³/mol. The van der Waals surface area contributed by atoms with E-state index < -0.39 is 46.4 Å². The number of aromatic nitrogens is 4. The van der Waals surface area contributed by atoms with Crippen molar-refractivity contribution in [2.45, 2.75) is 46.2 Å². The number of carbonyl (C=O) groups excluding carboxylic acids is 2. The molecule has 322 valence electrons. The molecule has 5 rings (SSSR count). The van der Waals surface area contributed by atoms with Crippen molar-refractivity contribution in [2.24, 2.45) is 14.1 Å². The second-order valence-corrected chi connectivity index (χ2v) is 15.8. The Kier molecular flexibility index (Phi) is 23.0. The summed E-state index contributed by atoms with van der Waals surface area (Å²) in [5, 5.41) is 12.6. The number of nitrogens with zero attached hydrogens (tertiary/aromatic N) is 5. The van der Waals surface area contributed by atoms with Gasteiger partial charge in [-0.05, 0) is 66.0 Å². The summed E-state index contributed by atoms with van der Waals surface area (Å²) in [4.78, 5) is 82.7. The first kappa shape index (κ1) is 54.0. The standard InChI is InChI=1S/C19H19ClN2O4.C18H18ClN3O6.2Na.O4S2/c1-12(23)26-8-4-7-22-18(24)16-10-14(11-17(16)21(2)19(22)25)13-5-3-6-15(20)9-13;1-12(23)28-10-4-9-21-17(24)16(22(26)27)15(20(2)18(21)25)8-7-13-5-3-6-14(19)11-13;;;1-5(2)6(3)4/h3,5-6,9,11H,4,7-8,10H2,1-2H3;3,5-8,11H,4,9-10H2,1-2H3;;;/b;8-7+;;;. The van der Waals surface area contributed by atoms with Gasteiger partial charge in [0.05, 0.1) is 23.8 Å². The van der Waals surface area contributed by atoms with Gasteiger partial charge in [0.1, 0.15) is 5.69 Å². The molecule has 0 radical (unpaired) electrons. The average molecular weight is 957 g/mol. The summed E-state index contributed by atoms with van der Waals surface area (Å²) in [6, 6.07) is 14.2. The fourth-order valence-electron chi connectivity index (χ4n) is 5.66. The molecule has 2 aromatic heterocycles. The SMILES string of the molecule is CC(=O)OCCCn1c(=O)c([N+](=O)[O-])c(/C=C/c2cccc(Cl)c2)n(C)c1=O.CC(=O)OCCCn1c(=O)c2c(n(C)c1=O)C=C(c1cccc(Cl)c1)C2.O=S(=O)=S(=O)=O.[Na][Na]. The van der Waals surface area contributed by atoms with Gasteiger partial charge in [-0.25, -0.2) is 9.59 Å². The van der Waals surface area contributed by atoms with Crippen molar-refractivity contribution in [3.05, 3.63) is 138 Å². The minimum absolute atomic E-state index is 0.00482. The van der Waals surface area contributed by atoms with E-state index in [4.69, 9.17) is 49.5 Å². The number of carbonyl (C=O) groups is 2. The Morgan fingerprint density at radius 2 is 1.29 bits per heavy atom. The molecule has 0 aliphatic heterocycles. The van der Waals surface area contributed by atoms with E-state index in [1.807, 2.05) is 24.3 Å². The van der Waals surface area contributed by atoms with Gasteiger partial charge in [0.25, 0.3) is 5.56 Å². The molecule has 1 aliphatic carbocycles. The van der Waals surface area contributed by atoms with Crippen molar-refractivity contribution < 1.29 is 40.8 Å². The van der Waals surface area contributed by atoms with E-state index in [0.717, 1.165) is 20.3 Å². The van der Waals surface area contributed by atoms with Gasteiger partial charge in [0.15, 0.2) is 0 Å². The van der Waals surface area contributed by atoms with Gasteiger partial charge < -0.3 is 9.47 Å². The molecule has 2 aromatic carbocycles. The molecule has 25 heteroatoms. The van der Waals surface area contributed by atoms with Crippen molar-refractivity contribution in [1.82, 2.24) is 18.3 Å². The summed E-state index contributed by atoms with van der Waals surface area (Å²) >= 11 is 14.9. The van der Waals surface area contributed by atoms with Crippen LogP contribution in [0, 0.1) is 10.1 Å². The Balaban J connectivity index is 0.000000365. The summed E-state index contributed by atoms with van der Waals surface area (Å²) in [5.41, 5.74) is 0.532. The maximum atomic E-state index is 12.8. The first-order valence-electron chi connectivity index (χ1n) is 18.4. The Morgan fingerprint density at radius 1 is 0.790 bits per heavy atom. The van der Waals surface area contributed by atoms with Gasteiger partial charge in [-0.1, -0.05) is 53.5 Å². The number of fused-ring (bicyclic) bond motifs is 1. The Morgan fingerprint density at radius 3 is 1.77 bits per heavy atom. The molecular formula is C37H37Cl2N5Na2O14S2. The monoisotopic (exact) mass is 955 g/mol. The van der Waals surface area contributed by atoms with Gasteiger partial charge in [0.2, 0.25) is 0 Å². The molecule has 0 saturated heterocycles. The van der Waals surface area contributed by atoms with Gasteiger partial charge >= 0.3 is 96.7 Å². The van der Waals surface area contributed by atoms with Gasteiger partial charge in [-0.2, -0.15) is 16.8 Å². The van der Waals surface area contributed by atoms with Crippen LogP contribution in [0.15, 0.2) is 67.7 Å². The van der Waals surface area contributed by atoms with Crippen LogP contribution < -0.4 is 22.5 Å². The predicted octanol–water partition coefficient (Wildman–Crippen LogP) is 2.38. The maximum absolute atomic E-state index is 12.8. The molecule has 19 nitrogen and oxygen atoms in total. The van der Waals surface area contributed by atoms with Crippen LogP contribution >= 0.6 is 23.2 Å². The van der Waals surface area contributed by atoms with E-state index >= 15 is 0 Å². The molecule has 0 saturated carbocycles. The normalized spacial score (nSPS) is 11.1. The van der Waals surface area contributed by atoms with Crippen LogP contribution in [0.3, 0.4) is 0 Å². The Bertz CT molecular complexity index is 2860. The van der Waals surface area contributed by atoms with Crippen LogP contribution in [0.25, 0.3) is 23.8 Å². The Labute approximate surface area is 394 Å². The van der Waals surface area contributed by atoms with Crippen LogP contribution in [-0.4, -0.2) is 109 Å². The molecule has 62 heavy (non-hydrogen) atoms. The van der Waals surface area contributed by atoms with E-state index in [1.165, 1.54) is 85.8 Å². The number of nitro groups is 1. The molecule has 0 amide bonds. The molecule has 0 atom stereocenters. The van der Waals surface area contributed by atoms with E-state index in [-0.39, 0.29) is 55.6 Å². The summed E-state index contributed by atoms with van der Waals surface area (Å²) < 4.78 is 50.5. The van der Waals surface area contributed by atoms with E-state index in [2.05, 4.69) is 0 Å². The second kappa shape index (κ2) is 26.5. The van der Waals surface area contributed by atoms with Gasteiger partial charge in [0, 0.05) is 63.1 Å². The van der Waals surface area contributed by atoms with Gasteiger partial charge in [-0.15, -0.1) is 0 Å². The molecule has 2 heterocycles. The second-order valence-electron chi connectivity index (χ2n) is 12.5. The van der Waals surface area contributed by atoms with Crippen LogP contribution in [0.5, 0.6) is 0 Å². The zero-order chi connectivity index (χ0) is 46.8. The average Bonchev–Trinajstić information content (AvgIpc) is 3.67. The molecule has 0 spiro atoms. The summed E-state index contributed by atoms with van der Waals surface area (Å²) in [5.74, 6) is -0.873. The number of rotatable bonds is 12. The van der Waals surface area contributed by atoms with Crippen LogP contribution in [0.1, 0.15) is 54.8 Å². The summed E-state index contributed by atoms with van der Waals surface area (Å²) in [7, 11) is -2.91. The topological polar surface area (TPSA) is 252 Å². The number of hydrogen-bond donors (Lipinski definition) is 0. The van der Waals surface area contributed by atoms with E-state index in [1.54, 1.807) is 37.4 Å². The molecule has 0 unspecified atom stereocenters. The molecule has 0 fully saturated rings. The first-order valence-corrected chi connectivity index (χ1v) is 29.8. The van der Waals surface area contributed by atoms with Gasteiger partial charge in [-0.3, -0.25) is 47.6 Å². The van der Waals surface area contributed by atoms with Crippen LogP contribution in [-0.2, 0) is 71.2 Å². The number of hydrogen-bond acceptors (Lipinski definition) is 14. The molecule has 1 aliphatic rings. The fourth-order valence-corrected chi connectivity index (χ4v) is 6.05. The van der Waals surface area contributed by atoms with Crippen LogP contribution in [0.2, 0.25) is 10.0 Å². The van der Waals surface area contributed by atoms with E-state index in [9.17, 15) is 38.9 Å². The van der Waals surface area contributed by atoms with E-state index in [0.29, 0.717) is 39.7 Å². The van der Waals surface area contributed by atoms with Crippen molar-refractivity contribution in [2.75, 3.05) is 13.2 Å². The fraction of sp³-hybridized carbons (Fsp3) is 0.297. The first-order chi connectivity index (χ1) is 29.2. The minimum atomic E-state index is -2.95. The zero-order valence-electron chi connectivity index (χ0n) is 34.3. The molecular weight excluding hydrogens is 919 g/mol. The number of halogens is 2. The molecule has 0 N–H and O–H groups in total. The molecule has 4 aromatic rings. The number of esters is 2. The van der Waals surface area contributed by atoms with Crippen molar-refractivity contribution >= 4 is 127 Å².